The van der Waals surface area contributed by atoms with E-state index in [1.165, 1.54) is 16.7 Å². The highest BCUT2D eigenvalue weighted by atomic mass is 35.5. The molecule has 186 valence electrons. The first-order chi connectivity index (χ1) is 17.1. The molecule has 0 radical (unpaired) electrons. The maximum Gasteiger partial charge on any atom is 0.174 e. The van der Waals surface area contributed by atoms with Crippen molar-refractivity contribution in [1.82, 2.24) is 10.3 Å². The Labute approximate surface area is 225 Å². The van der Waals surface area contributed by atoms with Crippen molar-refractivity contribution >= 4 is 45.9 Å². The van der Waals surface area contributed by atoms with Gasteiger partial charge in [-0.25, -0.2) is 0 Å². The first-order valence-electron chi connectivity index (χ1n) is 12.5. The average Bonchev–Trinajstić information content (AvgIpc) is 3.19. The Morgan fingerprint density at radius 3 is 2.44 bits per heavy atom. The second-order valence-electron chi connectivity index (χ2n) is 10.7. The number of rotatable bonds is 4. The maximum atomic E-state index is 7.10. The highest BCUT2D eigenvalue weighted by Crippen LogP contribution is 2.47. The minimum atomic E-state index is -0.150. The van der Waals surface area contributed by atoms with Gasteiger partial charge >= 0.3 is 0 Å². The summed E-state index contributed by atoms with van der Waals surface area (Å²) in [4.78, 5) is 9.18. The number of pyridine rings is 1. The lowest BCUT2D eigenvalue weighted by atomic mass is 9.86. The molecule has 1 fully saturated rings. The van der Waals surface area contributed by atoms with Crippen LogP contribution in [0.1, 0.15) is 75.0 Å². The molecule has 1 saturated heterocycles. The number of fused-ring (bicyclic) bond motifs is 1. The van der Waals surface area contributed by atoms with Crippen LogP contribution < -0.4 is 15.1 Å². The Morgan fingerprint density at radius 1 is 1.08 bits per heavy atom. The summed E-state index contributed by atoms with van der Waals surface area (Å²) in [5.41, 5.74) is 7.82. The van der Waals surface area contributed by atoms with Gasteiger partial charge < -0.3 is 15.1 Å². The van der Waals surface area contributed by atoms with Gasteiger partial charge in [-0.15, -0.1) is 0 Å². The minimum Gasteiger partial charge on any atom is -0.365 e. The summed E-state index contributed by atoms with van der Waals surface area (Å²) in [6.45, 7) is 11.0. The molecule has 6 heteroatoms. The van der Waals surface area contributed by atoms with Crippen LogP contribution in [0, 0.1) is 0 Å². The number of allylic oxidation sites excluding steroid dienone is 1. The van der Waals surface area contributed by atoms with Gasteiger partial charge in [-0.2, -0.15) is 0 Å². The smallest absolute Gasteiger partial charge is 0.174 e. The van der Waals surface area contributed by atoms with E-state index in [1.807, 2.05) is 24.4 Å². The zero-order valence-corrected chi connectivity index (χ0v) is 23.3. The Morgan fingerprint density at radius 2 is 1.81 bits per heavy atom. The van der Waals surface area contributed by atoms with Crippen LogP contribution in [-0.4, -0.2) is 22.7 Å². The first-order valence-corrected chi connectivity index (χ1v) is 13.2. The van der Waals surface area contributed by atoms with E-state index in [2.05, 4.69) is 104 Å². The Bertz CT molecular complexity index is 1330. The summed E-state index contributed by atoms with van der Waals surface area (Å²) >= 11 is 13.0. The molecule has 3 heterocycles. The molecule has 2 aliphatic heterocycles. The molecule has 36 heavy (non-hydrogen) atoms. The summed E-state index contributed by atoms with van der Waals surface area (Å²) in [5, 5.41) is 4.96. The third-order valence-electron chi connectivity index (χ3n) is 7.59. The van der Waals surface area contributed by atoms with Crippen molar-refractivity contribution in [3.8, 4) is 0 Å². The van der Waals surface area contributed by atoms with Crippen LogP contribution in [0.2, 0.25) is 5.02 Å². The van der Waals surface area contributed by atoms with Crippen molar-refractivity contribution in [2.24, 2.45) is 0 Å². The lowest BCUT2D eigenvalue weighted by Crippen LogP contribution is -2.42. The van der Waals surface area contributed by atoms with Crippen LogP contribution >= 0.6 is 23.8 Å². The summed E-state index contributed by atoms with van der Waals surface area (Å²) in [6, 6.07) is 18.8. The summed E-state index contributed by atoms with van der Waals surface area (Å²) in [5.74, 6) is 0.464. The topological polar surface area (TPSA) is 31.4 Å². The molecule has 3 aromatic rings. The first kappa shape index (κ1) is 24.8. The third kappa shape index (κ3) is 4.18. The fourth-order valence-electron chi connectivity index (χ4n) is 5.38. The van der Waals surface area contributed by atoms with Gasteiger partial charge in [0.05, 0.1) is 23.3 Å². The fourth-order valence-corrected chi connectivity index (χ4v) is 6.00. The van der Waals surface area contributed by atoms with Crippen LogP contribution in [0.25, 0.3) is 5.57 Å². The predicted molar refractivity (Wildman–Crippen MR) is 156 cm³/mol. The molecule has 5 rings (SSSR count). The van der Waals surface area contributed by atoms with Gasteiger partial charge in [0.1, 0.15) is 0 Å². The van der Waals surface area contributed by atoms with E-state index in [0.717, 1.165) is 27.7 Å². The normalized spacial score (nSPS) is 20.9. The molecule has 0 saturated carbocycles. The fraction of sp³-hybridized carbons (Fsp3) is 0.333. The van der Waals surface area contributed by atoms with Gasteiger partial charge in [-0.3, -0.25) is 4.98 Å². The number of thiocarbonyl (C=S) groups is 1. The summed E-state index contributed by atoms with van der Waals surface area (Å²) in [6.07, 6.45) is 4.15. The van der Waals surface area contributed by atoms with Crippen LogP contribution in [0.5, 0.6) is 0 Å². The van der Waals surface area contributed by atoms with Gasteiger partial charge in [-0.05, 0) is 92.0 Å². The van der Waals surface area contributed by atoms with E-state index in [9.17, 15) is 0 Å². The highest BCUT2D eigenvalue weighted by Gasteiger charge is 2.42. The Hall–Kier alpha value is -2.89. The van der Waals surface area contributed by atoms with Gasteiger partial charge in [-0.1, -0.05) is 49.7 Å². The van der Waals surface area contributed by atoms with Gasteiger partial charge in [0.25, 0.3) is 0 Å². The second kappa shape index (κ2) is 9.20. The predicted octanol–water partition coefficient (Wildman–Crippen LogP) is 7.67. The molecule has 0 spiro atoms. The van der Waals surface area contributed by atoms with Crippen LogP contribution in [0.3, 0.4) is 0 Å². The minimum absolute atomic E-state index is 0.0842. The molecular weight excluding hydrogens is 484 g/mol. The average molecular weight is 517 g/mol. The SMILES string of the molecule is CC1=CC(C)(C)N(C)c2cc(Cl)c(C3C(c4ccccn4)NC(=S)N3c3ccc(C(C)C)cc3)cc21. The number of nitrogens with zero attached hydrogens (tertiary/aromatic N) is 3. The van der Waals surface area contributed by atoms with Crippen molar-refractivity contribution in [1.29, 1.82) is 0 Å². The van der Waals surface area contributed by atoms with E-state index in [1.54, 1.807) is 0 Å². The van der Waals surface area contributed by atoms with Crippen LogP contribution in [0.15, 0.2) is 66.9 Å². The molecular formula is C30H33ClN4S. The maximum absolute atomic E-state index is 7.10. The van der Waals surface area contributed by atoms with Crippen LogP contribution in [0.4, 0.5) is 11.4 Å². The number of nitrogens with one attached hydrogen (secondary N) is 1. The van der Waals surface area contributed by atoms with Gasteiger partial charge in [0.2, 0.25) is 0 Å². The van der Waals surface area contributed by atoms with Gasteiger partial charge in [0, 0.05) is 35.2 Å². The summed E-state index contributed by atoms with van der Waals surface area (Å²) < 4.78 is 0. The van der Waals surface area contributed by atoms with Crippen LogP contribution in [-0.2, 0) is 0 Å². The van der Waals surface area contributed by atoms with Crippen molar-refractivity contribution in [2.75, 3.05) is 16.8 Å². The number of aromatic nitrogens is 1. The Balaban J connectivity index is 1.68. The number of anilines is 2. The lowest BCUT2D eigenvalue weighted by Gasteiger charge is -2.41. The monoisotopic (exact) mass is 516 g/mol. The molecule has 0 bridgehead atoms. The number of benzene rings is 2. The molecule has 4 nitrogen and oxygen atoms in total. The van der Waals surface area contributed by atoms with Gasteiger partial charge in [0.15, 0.2) is 5.11 Å². The summed E-state index contributed by atoms with van der Waals surface area (Å²) in [7, 11) is 2.13. The molecule has 1 aromatic heterocycles. The largest absolute Gasteiger partial charge is 0.365 e. The highest BCUT2D eigenvalue weighted by molar-refractivity contribution is 7.80. The number of halogens is 1. The zero-order valence-electron chi connectivity index (χ0n) is 21.7. The number of likely N-dealkylation sites (N-methyl/N-ethyl adjacent to an activating group) is 1. The molecule has 1 N–H and O–H groups in total. The van der Waals surface area contributed by atoms with E-state index in [0.29, 0.717) is 11.0 Å². The quantitative estimate of drug-likeness (QED) is 0.359. The van der Waals surface area contributed by atoms with E-state index in [4.69, 9.17) is 23.8 Å². The third-order valence-corrected chi connectivity index (χ3v) is 8.23. The molecule has 2 atom stereocenters. The number of hydrogen-bond donors (Lipinski definition) is 1. The van der Waals surface area contributed by atoms with Crippen molar-refractivity contribution in [2.45, 2.75) is 58.2 Å². The molecule has 0 aliphatic carbocycles. The Kier molecular flexibility index (Phi) is 6.34. The molecule has 2 aliphatic rings. The standard InChI is InChI=1S/C30H33ClN4S/c1-18(2)20-10-12-21(13-11-20)35-28(27(33-29(35)36)25-9-7-8-14-32-25)23-15-22-19(3)17-30(4,5)34(6)26(22)16-24(23)31/h7-18,27-28H,1-6H3,(H,33,36). The van der Waals surface area contributed by atoms with Crippen molar-refractivity contribution in [3.63, 3.8) is 0 Å². The second-order valence-corrected chi connectivity index (χ2v) is 11.5. The lowest BCUT2D eigenvalue weighted by molar-refractivity contribution is 0.567. The van der Waals surface area contributed by atoms with Crippen molar-refractivity contribution in [3.05, 3.63) is 94.3 Å². The molecule has 0 amide bonds. The zero-order chi connectivity index (χ0) is 25.8. The van der Waals surface area contributed by atoms with E-state index < -0.39 is 0 Å². The molecule has 2 aromatic carbocycles. The van der Waals surface area contributed by atoms with Crippen molar-refractivity contribution < 1.29 is 0 Å². The van der Waals surface area contributed by atoms with E-state index >= 15 is 0 Å². The molecule has 2 unspecified atom stereocenters. The number of hydrogen-bond acceptors (Lipinski definition) is 3. The van der Waals surface area contributed by atoms with E-state index in [-0.39, 0.29) is 17.6 Å².